The second kappa shape index (κ2) is 10.5. The van der Waals surface area contributed by atoms with Gasteiger partial charge >= 0.3 is 0 Å². The number of halogens is 1. The second-order valence-electron chi connectivity index (χ2n) is 7.87. The van der Waals surface area contributed by atoms with E-state index >= 15 is 0 Å². The molecule has 0 spiro atoms. The van der Waals surface area contributed by atoms with Crippen LogP contribution < -0.4 is 0 Å². The van der Waals surface area contributed by atoms with Crippen LogP contribution in [0.2, 0.25) is 0 Å². The third kappa shape index (κ3) is 8.47. The summed E-state index contributed by atoms with van der Waals surface area (Å²) in [5.41, 5.74) is 2.11. The fraction of sp³-hybridized carbons (Fsp3) is 0.609. The van der Waals surface area contributed by atoms with Crippen LogP contribution in [0.5, 0.6) is 0 Å². The zero-order chi connectivity index (χ0) is 18.9. The van der Waals surface area contributed by atoms with Gasteiger partial charge in [-0.15, -0.1) is 0 Å². The van der Waals surface area contributed by atoms with Gasteiger partial charge < -0.3 is 0 Å². The van der Waals surface area contributed by atoms with Crippen molar-refractivity contribution in [3.63, 3.8) is 0 Å². The molecule has 0 atom stereocenters. The summed E-state index contributed by atoms with van der Waals surface area (Å²) in [6, 6.07) is 8.41. The van der Waals surface area contributed by atoms with Crippen molar-refractivity contribution in [2.75, 3.05) is 0 Å². The van der Waals surface area contributed by atoms with Gasteiger partial charge in [0.1, 0.15) is 5.67 Å². The lowest BCUT2D eigenvalue weighted by molar-refractivity contribution is 0.310. The van der Waals surface area contributed by atoms with Crippen molar-refractivity contribution < 1.29 is 4.39 Å². The molecule has 0 N–H and O–H groups in total. The Morgan fingerprint density at radius 3 is 2.20 bits per heavy atom. The van der Waals surface area contributed by atoms with Gasteiger partial charge in [0.25, 0.3) is 0 Å². The summed E-state index contributed by atoms with van der Waals surface area (Å²) in [5, 5.41) is 0. The fourth-order valence-electron chi connectivity index (χ4n) is 2.96. The zero-order valence-corrected chi connectivity index (χ0v) is 16.9. The minimum absolute atomic E-state index is 0.544. The molecule has 0 unspecified atom stereocenters. The van der Waals surface area contributed by atoms with Gasteiger partial charge in [0.15, 0.2) is 0 Å². The summed E-state index contributed by atoms with van der Waals surface area (Å²) >= 11 is 0. The van der Waals surface area contributed by atoms with Gasteiger partial charge in [0.2, 0.25) is 0 Å². The minimum Gasteiger partial charge on any atom is -0.255 e. The number of benzene rings is 1. The van der Waals surface area contributed by atoms with E-state index in [0.29, 0.717) is 17.8 Å². The maximum Gasteiger partial charge on any atom is 0.143 e. The Labute approximate surface area is 154 Å². The standard InChI is InChI=1S/C23H36FN/c1-7-22(23(5,6)24)25-19(4)21-16-14-20(15-17-21)13-11-9-8-10-12-18(2)3/h14-18H,4,7-13H2,1-3,5-6H3. The van der Waals surface area contributed by atoms with Crippen molar-refractivity contribution >= 4 is 11.4 Å². The predicted octanol–water partition coefficient (Wildman–Crippen LogP) is 7.41. The Kier molecular flexibility index (Phi) is 9.10. The van der Waals surface area contributed by atoms with Crippen LogP contribution in [0, 0.1) is 5.92 Å². The SMILES string of the molecule is C=C(N=C(CC)C(C)(C)F)c1ccc(CCCCCCC(C)C)cc1. The molecular weight excluding hydrogens is 309 g/mol. The van der Waals surface area contributed by atoms with E-state index < -0.39 is 5.67 Å². The quantitative estimate of drug-likeness (QED) is 0.292. The van der Waals surface area contributed by atoms with Crippen LogP contribution in [0.15, 0.2) is 35.8 Å². The molecule has 0 fully saturated rings. The molecule has 0 aliphatic carbocycles. The van der Waals surface area contributed by atoms with E-state index in [9.17, 15) is 4.39 Å². The highest BCUT2D eigenvalue weighted by atomic mass is 19.1. The van der Waals surface area contributed by atoms with Crippen LogP contribution in [0.1, 0.15) is 84.3 Å². The van der Waals surface area contributed by atoms with Crippen molar-refractivity contribution in [2.24, 2.45) is 10.9 Å². The van der Waals surface area contributed by atoms with E-state index in [1.807, 2.05) is 6.92 Å². The molecular formula is C23H36FN. The molecule has 1 aromatic carbocycles. The third-order valence-corrected chi connectivity index (χ3v) is 4.58. The Bertz CT molecular complexity index is 546. The Morgan fingerprint density at radius 1 is 1.08 bits per heavy atom. The summed E-state index contributed by atoms with van der Waals surface area (Å²) in [7, 11) is 0. The first-order valence-electron chi connectivity index (χ1n) is 9.79. The third-order valence-electron chi connectivity index (χ3n) is 4.58. The number of aryl methyl sites for hydroxylation is 1. The van der Waals surface area contributed by atoms with E-state index in [-0.39, 0.29) is 0 Å². The predicted molar refractivity (Wildman–Crippen MR) is 110 cm³/mol. The van der Waals surface area contributed by atoms with Gasteiger partial charge in [-0.25, -0.2) is 4.39 Å². The lowest BCUT2D eigenvalue weighted by atomic mass is 10.0. The van der Waals surface area contributed by atoms with Crippen LogP contribution in [0.3, 0.4) is 0 Å². The van der Waals surface area contributed by atoms with Crippen LogP contribution in [-0.4, -0.2) is 11.4 Å². The first-order valence-corrected chi connectivity index (χ1v) is 9.79. The first kappa shape index (κ1) is 21.6. The zero-order valence-electron chi connectivity index (χ0n) is 16.9. The summed E-state index contributed by atoms with van der Waals surface area (Å²) in [6.45, 7) is 13.6. The maximum atomic E-state index is 14.1. The molecule has 140 valence electrons. The Hall–Kier alpha value is -1.44. The highest BCUT2D eigenvalue weighted by molar-refractivity contribution is 5.95. The van der Waals surface area contributed by atoms with E-state index in [1.165, 1.54) is 37.7 Å². The molecule has 0 saturated carbocycles. The van der Waals surface area contributed by atoms with Crippen LogP contribution in [-0.2, 0) is 6.42 Å². The van der Waals surface area contributed by atoms with Gasteiger partial charge in [-0.1, -0.05) is 77.3 Å². The van der Waals surface area contributed by atoms with E-state index in [2.05, 4.69) is 49.7 Å². The minimum atomic E-state index is -1.40. The Balaban J connectivity index is 2.50. The van der Waals surface area contributed by atoms with Crippen LogP contribution in [0.4, 0.5) is 4.39 Å². The van der Waals surface area contributed by atoms with Crippen molar-refractivity contribution in [3.8, 4) is 0 Å². The molecule has 1 aromatic rings. The summed E-state index contributed by atoms with van der Waals surface area (Å²) < 4.78 is 14.1. The number of hydrogen-bond donors (Lipinski definition) is 0. The van der Waals surface area contributed by atoms with Crippen LogP contribution >= 0.6 is 0 Å². The summed E-state index contributed by atoms with van der Waals surface area (Å²) in [6.07, 6.45) is 8.28. The number of alkyl halides is 1. The van der Waals surface area contributed by atoms with Crippen molar-refractivity contribution in [3.05, 3.63) is 42.0 Å². The summed E-state index contributed by atoms with van der Waals surface area (Å²) in [4.78, 5) is 4.42. The van der Waals surface area contributed by atoms with Gasteiger partial charge in [-0.2, -0.15) is 0 Å². The smallest absolute Gasteiger partial charge is 0.143 e. The lowest BCUT2D eigenvalue weighted by Gasteiger charge is -2.16. The monoisotopic (exact) mass is 345 g/mol. The molecule has 1 nitrogen and oxygen atoms in total. The molecule has 0 bridgehead atoms. The lowest BCUT2D eigenvalue weighted by Crippen LogP contribution is -2.25. The molecule has 0 saturated heterocycles. The highest BCUT2D eigenvalue weighted by Gasteiger charge is 2.22. The van der Waals surface area contributed by atoms with Gasteiger partial charge in [0, 0.05) is 0 Å². The Morgan fingerprint density at radius 2 is 1.68 bits per heavy atom. The fourth-order valence-corrected chi connectivity index (χ4v) is 2.96. The van der Waals surface area contributed by atoms with Crippen molar-refractivity contribution in [2.45, 2.75) is 85.2 Å². The number of rotatable bonds is 11. The van der Waals surface area contributed by atoms with Gasteiger partial charge in [0.05, 0.1) is 11.4 Å². The molecule has 0 amide bonds. The molecule has 0 aromatic heterocycles. The van der Waals surface area contributed by atoms with E-state index in [0.717, 1.165) is 17.9 Å². The molecule has 0 aliphatic rings. The number of nitrogens with zero attached hydrogens (tertiary/aromatic N) is 1. The molecule has 0 radical (unpaired) electrons. The van der Waals surface area contributed by atoms with Crippen molar-refractivity contribution in [1.29, 1.82) is 0 Å². The second-order valence-corrected chi connectivity index (χ2v) is 7.87. The maximum absolute atomic E-state index is 14.1. The van der Waals surface area contributed by atoms with E-state index in [4.69, 9.17) is 0 Å². The molecule has 0 aliphatic heterocycles. The summed E-state index contributed by atoms with van der Waals surface area (Å²) in [5.74, 6) is 0.819. The molecule has 2 heteroatoms. The molecule has 1 rings (SSSR count). The number of aliphatic imine (C=N–C) groups is 1. The average molecular weight is 346 g/mol. The number of hydrogen-bond acceptors (Lipinski definition) is 1. The van der Waals surface area contributed by atoms with E-state index in [1.54, 1.807) is 13.8 Å². The van der Waals surface area contributed by atoms with Gasteiger partial charge in [-0.3, -0.25) is 4.99 Å². The largest absolute Gasteiger partial charge is 0.255 e. The average Bonchev–Trinajstić information content (AvgIpc) is 2.54. The van der Waals surface area contributed by atoms with Crippen LogP contribution in [0.25, 0.3) is 5.70 Å². The van der Waals surface area contributed by atoms with Gasteiger partial charge in [-0.05, 0) is 50.2 Å². The molecule has 25 heavy (non-hydrogen) atoms. The van der Waals surface area contributed by atoms with Crippen molar-refractivity contribution in [1.82, 2.24) is 0 Å². The normalized spacial score (nSPS) is 12.7. The number of unbranched alkanes of at least 4 members (excludes halogenated alkanes) is 3. The topological polar surface area (TPSA) is 12.4 Å². The first-order chi connectivity index (χ1) is 11.7. The molecule has 0 heterocycles. The highest BCUT2D eigenvalue weighted by Crippen LogP contribution is 2.21.